The van der Waals surface area contributed by atoms with Gasteiger partial charge in [0.05, 0.1) is 4.90 Å². The Hall–Kier alpha value is -2.71. The smallest absolute Gasteiger partial charge is 0.293 e. The number of hydrogen-bond donors (Lipinski definition) is 2. The first-order valence-corrected chi connectivity index (χ1v) is 8.97. The van der Waals surface area contributed by atoms with Crippen LogP contribution in [0.25, 0.3) is 11.0 Å². The van der Waals surface area contributed by atoms with Crippen molar-refractivity contribution in [1.82, 2.24) is 15.0 Å². The molecule has 0 spiro atoms. The molecular formula is C16H15N3O4S. The van der Waals surface area contributed by atoms with Crippen molar-refractivity contribution in [1.29, 1.82) is 0 Å². The molecule has 0 unspecified atom stereocenters. The Labute approximate surface area is 138 Å². The minimum Gasteiger partial charge on any atom is -0.328 e. The van der Waals surface area contributed by atoms with Crippen LogP contribution in [0.3, 0.4) is 0 Å². The van der Waals surface area contributed by atoms with Crippen LogP contribution < -0.4 is 5.48 Å². The van der Waals surface area contributed by atoms with Gasteiger partial charge in [-0.1, -0.05) is 12.1 Å². The second-order valence-corrected chi connectivity index (χ2v) is 7.43. The lowest BCUT2D eigenvalue weighted by molar-refractivity contribution is 0.0701. The van der Waals surface area contributed by atoms with Gasteiger partial charge in [-0.15, -0.1) is 0 Å². The highest BCUT2D eigenvalue weighted by molar-refractivity contribution is 7.90. The third-order valence-corrected chi connectivity index (χ3v) is 4.78. The maximum Gasteiger partial charge on any atom is 0.293 e. The van der Waals surface area contributed by atoms with Crippen molar-refractivity contribution in [2.24, 2.45) is 0 Å². The second-order valence-electron chi connectivity index (χ2n) is 5.41. The lowest BCUT2D eigenvalue weighted by Crippen LogP contribution is -2.20. The van der Waals surface area contributed by atoms with Gasteiger partial charge in [0.1, 0.15) is 11.3 Å². The molecule has 0 saturated heterocycles. The van der Waals surface area contributed by atoms with E-state index in [1.165, 1.54) is 12.3 Å². The van der Waals surface area contributed by atoms with Crippen LogP contribution in [-0.2, 0) is 16.4 Å². The first kappa shape index (κ1) is 16.2. The van der Waals surface area contributed by atoms with Crippen molar-refractivity contribution in [2.75, 3.05) is 6.26 Å². The molecule has 24 heavy (non-hydrogen) atoms. The molecule has 1 amide bonds. The molecule has 2 aromatic heterocycles. The van der Waals surface area contributed by atoms with Crippen molar-refractivity contribution < 1.29 is 18.4 Å². The molecule has 0 radical (unpaired) electrons. The molecule has 0 saturated carbocycles. The summed E-state index contributed by atoms with van der Waals surface area (Å²) in [5.74, 6) is -0.679. The van der Waals surface area contributed by atoms with E-state index in [2.05, 4.69) is 4.98 Å². The highest BCUT2D eigenvalue weighted by atomic mass is 32.2. The maximum atomic E-state index is 11.5. The first-order chi connectivity index (χ1) is 11.4. The normalized spacial score (nSPS) is 11.6. The number of fused-ring (bicyclic) bond motifs is 1. The summed E-state index contributed by atoms with van der Waals surface area (Å²) < 4.78 is 24.8. The van der Waals surface area contributed by atoms with Gasteiger partial charge >= 0.3 is 0 Å². The fraction of sp³-hybridized carbons (Fsp3) is 0.125. The summed E-state index contributed by atoms with van der Waals surface area (Å²) in [7, 11) is -3.22. The van der Waals surface area contributed by atoms with Gasteiger partial charge in [-0.25, -0.2) is 18.9 Å². The SMILES string of the molecule is CS(=O)(=O)c1ccc(Cn2ccc3ccc(C(=O)NO)nc32)cc1. The van der Waals surface area contributed by atoms with Crippen molar-refractivity contribution in [3.05, 3.63) is 59.9 Å². The molecule has 2 N–H and O–H groups in total. The van der Waals surface area contributed by atoms with E-state index in [9.17, 15) is 13.2 Å². The van der Waals surface area contributed by atoms with Crippen molar-refractivity contribution in [3.8, 4) is 0 Å². The van der Waals surface area contributed by atoms with Crippen LogP contribution in [-0.4, -0.2) is 35.3 Å². The molecule has 124 valence electrons. The summed E-state index contributed by atoms with van der Waals surface area (Å²) >= 11 is 0. The zero-order chi connectivity index (χ0) is 17.3. The quantitative estimate of drug-likeness (QED) is 0.552. The molecular weight excluding hydrogens is 330 g/mol. The third kappa shape index (κ3) is 3.15. The fourth-order valence-corrected chi connectivity index (χ4v) is 3.04. The Kier molecular flexibility index (Phi) is 4.08. The predicted octanol–water partition coefficient (Wildman–Crippen LogP) is 1.61. The van der Waals surface area contributed by atoms with Gasteiger partial charge in [0.15, 0.2) is 9.84 Å². The van der Waals surface area contributed by atoms with E-state index in [0.29, 0.717) is 12.2 Å². The number of carbonyl (C=O) groups excluding carboxylic acids is 1. The fourth-order valence-electron chi connectivity index (χ4n) is 2.41. The summed E-state index contributed by atoms with van der Waals surface area (Å²) in [5, 5.41) is 9.57. The van der Waals surface area contributed by atoms with Crippen LogP contribution in [0.5, 0.6) is 0 Å². The van der Waals surface area contributed by atoms with E-state index in [1.807, 2.05) is 16.8 Å². The molecule has 0 bridgehead atoms. The Morgan fingerprint density at radius 1 is 1.17 bits per heavy atom. The Bertz CT molecular complexity index is 1010. The summed E-state index contributed by atoms with van der Waals surface area (Å²) in [6, 6.07) is 11.8. The van der Waals surface area contributed by atoms with E-state index in [4.69, 9.17) is 5.21 Å². The van der Waals surface area contributed by atoms with E-state index < -0.39 is 15.7 Å². The monoisotopic (exact) mass is 345 g/mol. The number of hydrogen-bond acceptors (Lipinski definition) is 5. The summed E-state index contributed by atoms with van der Waals surface area (Å²) in [6.45, 7) is 0.477. The van der Waals surface area contributed by atoms with Crippen molar-refractivity contribution in [3.63, 3.8) is 0 Å². The molecule has 0 atom stereocenters. The summed E-state index contributed by atoms with van der Waals surface area (Å²) in [4.78, 5) is 16.0. The number of carbonyl (C=O) groups is 1. The van der Waals surface area contributed by atoms with Gasteiger partial charge in [0.2, 0.25) is 0 Å². The number of nitrogens with one attached hydrogen (secondary N) is 1. The second kappa shape index (κ2) is 6.06. The highest BCUT2D eigenvalue weighted by Crippen LogP contribution is 2.17. The van der Waals surface area contributed by atoms with Crippen LogP contribution in [0.1, 0.15) is 16.1 Å². The van der Waals surface area contributed by atoms with Gasteiger partial charge in [0.25, 0.3) is 5.91 Å². The topological polar surface area (TPSA) is 101 Å². The lowest BCUT2D eigenvalue weighted by Gasteiger charge is -2.07. The minimum atomic E-state index is -3.22. The molecule has 3 aromatic rings. The van der Waals surface area contributed by atoms with Crippen molar-refractivity contribution in [2.45, 2.75) is 11.4 Å². The Morgan fingerprint density at radius 2 is 1.88 bits per heavy atom. The Balaban J connectivity index is 1.93. The lowest BCUT2D eigenvalue weighted by atomic mass is 10.2. The largest absolute Gasteiger partial charge is 0.328 e. The van der Waals surface area contributed by atoms with Crippen LogP contribution in [0.4, 0.5) is 0 Å². The van der Waals surface area contributed by atoms with E-state index in [1.54, 1.807) is 35.8 Å². The number of aromatic nitrogens is 2. The number of hydroxylamine groups is 1. The number of pyridine rings is 1. The molecule has 0 aliphatic carbocycles. The molecule has 0 aliphatic heterocycles. The summed E-state index contributed by atoms with van der Waals surface area (Å²) in [6.07, 6.45) is 3.00. The maximum absolute atomic E-state index is 11.5. The number of benzene rings is 1. The zero-order valence-corrected chi connectivity index (χ0v) is 13.6. The molecule has 0 aliphatic rings. The molecule has 8 heteroatoms. The standard InChI is InChI=1S/C16H15N3O4S/c1-24(22,23)13-5-2-11(3-6-13)10-19-9-8-12-4-7-14(16(20)18-21)17-15(12)19/h2-9,21H,10H2,1H3,(H,18,20). The first-order valence-electron chi connectivity index (χ1n) is 7.08. The molecule has 2 heterocycles. The number of amides is 1. The summed E-state index contributed by atoms with van der Waals surface area (Å²) in [5.41, 5.74) is 3.17. The zero-order valence-electron chi connectivity index (χ0n) is 12.8. The molecule has 3 rings (SSSR count). The van der Waals surface area contributed by atoms with Crippen LogP contribution in [0.2, 0.25) is 0 Å². The van der Waals surface area contributed by atoms with Crippen LogP contribution >= 0.6 is 0 Å². The van der Waals surface area contributed by atoms with Gasteiger partial charge in [0, 0.05) is 24.4 Å². The third-order valence-electron chi connectivity index (χ3n) is 3.65. The van der Waals surface area contributed by atoms with Crippen molar-refractivity contribution >= 4 is 26.8 Å². The average Bonchev–Trinajstić information content (AvgIpc) is 2.96. The number of rotatable bonds is 4. The minimum absolute atomic E-state index is 0.109. The van der Waals surface area contributed by atoms with E-state index >= 15 is 0 Å². The highest BCUT2D eigenvalue weighted by Gasteiger charge is 2.11. The van der Waals surface area contributed by atoms with Gasteiger partial charge in [-0.2, -0.15) is 0 Å². The number of sulfone groups is 1. The molecule has 1 aromatic carbocycles. The molecule has 7 nitrogen and oxygen atoms in total. The Morgan fingerprint density at radius 3 is 2.50 bits per heavy atom. The average molecular weight is 345 g/mol. The number of nitrogens with zero attached hydrogens (tertiary/aromatic N) is 2. The van der Waals surface area contributed by atoms with Gasteiger partial charge in [-0.3, -0.25) is 10.0 Å². The van der Waals surface area contributed by atoms with Gasteiger partial charge < -0.3 is 4.57 Å². The predicted molar refractivity (Wildman–Crippen MR) is 87.6 cm³/mol. The van der Waals surface area contributed by atoms with Crippen LogP contribution in [0, 0.1) is 0 Å². The van der Waals surface area contributed by atoms with Crippen LogP contribution in [0.15, 0.2) is 53.6 Å². The van der Waals surface area contributed by atoms with E-state index in [-0.39, 0.29) is 10.6 Å². The van der Waals surface area contributed by atoms with E-state index in [0.717, 1.165) is 10.9 Å². The molecule has 0 fully saturated rings. The van der Waals surface area contributed by atoms with Gasteiger partial charge in [-0.05, 0) is 35.9 Å².